The lowest BCUT2D eigenvalue weighted by Gasteiger charge is -1.97. The minimum atomic E-state index is 0.694. The van der Waals surface area contributed by atoms with Crippen molar-refractivity contribution < 1.29 is 0 Å². The number of hydrogen-bond acceptors (Lipinski definition) is 5. The lowest BCUT2D eigenvalue weighted by Crippen LogP contribution is -1.96. The third-order valence-corrected chi connectivity index (χ3v) is 4.22. The molecular formula is C7H6BrN3S3. The van der Waals surface area contributed by atoms with Gasteiger partial charge in [0.1, 0.15) is 0 Å². The van der Waals surface area contributed by atoms with Crippen LogP contribution in [0.5, 0.6) is 0 Å². The van der Waals surface area contributed by atoms with Gasteiger partial charge < -0.3 is 5.32 Å². The average molecular weight is 308 g/mol. The Hall–Kier alpha value is -0.240. The van der Waals surface area contributed by atoms with Gasteiger partial charge in [-0.15, -0.1) is 16.4 Å². The van der Waals surface area contributed by atoms with Crippen molar-refractivity contribution >= 4 is 56.0 Å². The maximum absolute atomic E-state index is 4.92. The first-order chi connectivity index (χ1) is 6.74. The second-order valence-electron chi connectivity index (χ2n) is 2.50. The van der Waals surface area contributed by atoms with Crippen LogP contribution in [0.3, 0.4) is 0 Å². The highest BCUT2D eigenvalue weighted by molar-refractivity contribution is 9.10. The highest BCUT2D eigenvalue weighted by atomic mass is 79.9. The molecule has 0 aliphatic heterocycles. The summed E-state index contributed by atoms with van der Waals surface area (Å²) in [6.07, 6.45) is 0. The van der Waals surface area contributed by atoms with Gasteiger partial charge >= 0.3 is 0 Å². The van der Waals surface area contributed by atoms with Crippen LogP contribution in [0.1, 0.15) is 4.88 Å². The summed E-state index contributed by atoms with van der Waals surface area (Å²) >= 11 is 11.5. The number of nitrogens with zero attached hydrogens (tertiary/aromatic N) is 1. The molecule has 3 nitrogen and oxygen atoms in total. The number of H-pyrrole nitrogens is 1. The quantitative estimate of drug-likeness (QED) is 0.851. The largest absolute Gasteiger partial charge is 0.355 e. The molecule has 0 bridgehead atoms. The van der Waals surface area contributed by atoms with Crippen molar-refractivity contribution in [3.8, 4) is 0 Å². The van der Waals surface area contributed by atoms with Gasteiger partial charge in [0.25, 0.3) is 0 Å². The number of halogens is 1. The lowest BCUT2D eigenvalue weighted by atomic mass is 10.5. The van der Waals surface area contributed by atoms with Crippen molar-refractivity contribution in [3.05, 3.63) is 24.8 Å². The van der Waals surface area contributed by atoms with Gasteiger partial charge in [-0.05, 0) is 34.2 Å². The number of aromatic amines is 1. The Balaban J connectivity index is 1.98. The van der Waals surface area contributed by atoms with Crippen LogP contribution in [0.4, 0.5) is 5.13 Å². The lowest BCUT2D eigenvalue weighted by molar-refractivity contribution is 1.05. The molecule has 0 unspecified atom stereocenters. The SMILES string of the molecule is S=c1[nH]nc(NCc2cc(Br)cs2)s1. The Kier molecular flexibility index (Phi) is 3.32. The van der Waals surface area contributed by atoms with Gasteiger partial charge in [0.2, 0.25) is 5.13 Å². The highest BCUT2D eigenvalue weighted by Crippen LogP contribution is 2.21. The van der Waals surface area contributed by atoms with Crippen LogP contribution < -0.4 is 5.32 Å². The molecule has 7 heteroatoms. The average Bonchev–Trinajstić information content (AvgIpc) is 2.72. The van der Waals surface area contributed by atoms with Crippen molar-refractivity contribution in [2.24, 2.45) is 0 Å². The van der Waals surface area contributed by atoms with E-state index in [2.05, 4.69) is 42.9 Å². The van der Waals surface area contributed by atoms with Crippen molar-refractivity contribution in [1.82, 2.24) is 10.2 Å². The second-order valence-corrected chi connectivity index (χ2v) is 6.08. The number of hydrogen-bond donors (Lipinski definition) is 2. The predicted molar refractivity (Wildman–Crippen MR) is 66.6 cm³/mol. The standard InChI is InChI=1S/C7H6BrN3S3/c8-4-1-5(13-3-4)2-9-6-10-11-7(12)14-6/h1,3H,2H2,(H,9,10)(H,11,12). The smallest absolute Gasteiger partial charge is 0.204 e. The van der Waals surface area contributed by atoms with Crippen LogP contribution >= 0.6 is 50.8 Å². The Morgan fingerprint density at radius 3 is 3.07 bits per heavy atom. The molecule has 74 valence electrons. The molecule has 0 aliphatic carbocycles. The molecule has 0 aliphatic rings. The van der Waals surface area contributed by atoms with E-state index in [-0.39, 0.29) is 0 Å². The van der Waals surface area contributed by atoms with Gasteiger partial charge in [0.15, 0.2) is 3.95 Å². The molecule has 0 saturated carbocycles. The van der Waals surface area contributed by atoms with Crippen molar-refractivity contribution in [1.29, 1.82) is 0 Å². The fourth-order valence-corrected chi connectivity index (χ4v) is 3.09. The summed E-state index contributed by atoms with van der Waals surface area (Å²) in [7, 11) is 0. The fourth-order valence-electron chi connectivity index (χ4n) is 0.915. The first kappa shape index (κ1) is 10.3. The van der Waals surface area contributed by atoms with Gasteiger partial charge in [-0.1, -0.05) is 11.3 Å². The summed E-state index contributed by atoms with van der Waals surface area (Å²) in [6.45, 7) is 0.784. The van der Waals surface area contributed by atoms with E-state index in [1.807, 2.05) is 0 Å². The van der Waals surface area contributed by atoms with Crippen LogP contribution in [0, 0.1) is 3.95 Å². The van der Waals surface area contributed by atoms with E-state index in [9.17, 15) is 0 Å². The number of aromatic nitrogens is 2. The third-order valence-electron chi connectivity index (χ3n) is 1.47. The Labute approximate surface area is 102 Å². The van der Waals surface area contributed by atoms with Gasteiger partial charge in [0.05, 0.1) is 6.54 Å². The van der Waals surface area contributed by atoms with E-state index < -0.39 is 0 Å². The molecule has 2 heterocycles. The molecule has 0 fully saturated rings. The van der Waals surface area contributed by atoms with Gasteiger partial charge in [-0.25, -0.2) is 0 Å². The molecule has 2 aromatic rings. The molecule has 14 heavy (non-hydrogen) atoms. The van der Waals surface area contributed by atoms with E-state index in [1.165, 1.54) is 16.2 Å². The number of thiophene rings is 1. The topological polar surface area (TPSA) is 40.7 Å². The molecule has 0 radical (unpaired) electrons. The van der Waals surface area contributed by atoms with E-state index in [1.54, 1.807) is 11.3 Å². The zero-order valence-electron chi connectivity index (χ0n) is 6.91. The molecule has 0 aromatic carbocycles. The van der Waals surface area contributed by atoms with Crippen molar-refractivity contribution in [2.45, 2.75) is 6.54 Å². The summed E-state index contributed by atoms with van der Waals surface area (Å²) in [6, 6.07) is 2.09. The Morgan fingerprint density at radius 1 is 1.64 bits per heavy atom. The van der Waals surface area contributed by atoms with E-state index in [4.69, 9.17) is 12.2 Å². The molecule has 0 saturated heterocycles. The monoisotopic (exact) mass is 307 g/mol. The molecule has 2 N–H and O–H groups in total. The number of nitrogens with one attached hydrogen (secondary N) is 2. The third kappa shape index (κ3) is 2.63. The summed E-state index contributed by atoms with van der Waals surface area (Å²) in [4.78, 5) is 1.26. The van der Waals surface area contributed by atoms with Gasteiger partial charge in [-0.3, -0.25) is 5.10 Å². The van der Waals surface area contributed by atoms with Crippen LogP contribution in [-0.4, -0.2) is 10.2 Å². The Bertz CT molecular complexity index is 472. The first-order valence-electron chi connectivity index (χ1n) is 3.76. The molecule has 2 aromatic heterocycles. The molecular weight excluding hydrogens is 302 g/mol. The van der Waals surface area contributed by atoms with Crippen molar-refractivity contribution in [3.63, 3.8) is 0 Å². The zero-order chi connectivity index (χ0) is 9.97. The van der Waals surface area contributed by atoms with E-state index in [0.717, 1.165) is 16.1 Å². The first-order valence-corrected chi connectivity index (χ1v) is 6.66. The fraction of sp³-hybridized carbons (Fsp3) is 0.143. The number of rotatable bonds is 3. The van der Waals surface area contributed by atoms with Crippen LogP contribution in [-0.2, 0) is 6.54 Å². The van der Waals surface area contributed by atoms with Gasteiger partial charge in [-0.2, -0.15) is 0 Å². The summed E-state index contributed by atoms with van der Waals surface area (Å²) in [5, 5.41) is 12.8. The summed E-state index contributed by atoms with van der Waals surface area (Å²) in [5.74, 6) is 0. The predicted octanol–water partition coefficient (Wildman–Crippen LogP) is 3.64. The van der Waals surface area contributed by atoms with Crippen LogP contribution in [0.25, 0.3) is 0 Å². The van der Waals surface area contributed by atoms with Crippen molar-refractivity contribution in [2.75, 3.05) is 5.32 Å². The summed E-state index contributed by atoms with van der Waals surface area (Å²) in [5.41, 5.74) is 0. The van der Waals surface area contributed by atoms with E-state index in [0.29, 0.717) is 3.95 Å². The van der Waals surface area contributed by atoms with E-state index >= 15 is 0 Å². The number of anilines is 1. The zero-order valence-corrected chi connectivity index (χ0v) is 10.9. The molecule has 0 spiro atoms. The second kappa shape index (κ2) is 4.52. The van der Waals surface area contributed by atoms with Crippen LogP contribution in [0.2, 0.25) is 0 Å². The minimum absolute atomic E-state index is 0.694. The van der Waals surface area contributed by atoms with Crippen LogP contribution in [0.15, 0.2) is 15.9 Å². The van der Waals surface area contributed by atoms with Gasteiger partial charge in [0, 0.05) is 14.7 Å². The molecule has 0 atom stereocenters. The maximum atomic E-state index is 4.92. The Morgan fingerprint density at radius 2 is 2.50 bits per heavy atom. The highest BCUT2D eigenvalue weighted by Gasteiger charge is 1.99. The molecule has 2 rings (SSSR count). The normalized spacial score (nSPS) is 10.4. The maximum Gasteiger partial charge on any atom is 0.204 e. The minimum Gasteiger partial charge on any atom is -0.355 e. The summed E-state index contributed by atoms with van der Waals surface area (Å²) < 4.78 is 1.81. The molecule has 0 amide bonds.